The highest BCUT2D eigenvalue weighted by atomic mass is 19.3. The number of hydrogen-bond donors (Lipinski definition) is 0. The minimum absolute atomic E-state index is 0.0121. The quantitative estimate of drug-likeness (QED) is 0.731. The second-order valence-electron chi connectivity index (χ2n) is 5.45. The van der Waals surface area contributed by atoms with Crippen LogP contribution in [0.25, 0.3) is 0 Å². The predicted molar refractivity (Wildman–Crippen MR) is 79.8 cm³/mol. The molecule has 0 bridgehead atoms. The molecule has 1 aliphatic rings. The summed E-state index contributed by atoms with van der Waals surface area (Å²) in [5, 5.41) is 0. The maximum absolute atomic E-state index is 14.3. The number of hydrogen-bond acceptors (Lipinski definition) is 5. The van der Waals surface area contributed by atoms with E-state index in [1.807, 2.05) is 0 Å². The Labute approximate surface area is 138 Å². The molecule has 1 atom stereocenters. The average molecular weight is 343 g/mol. The van der Waals surface area contributed by atoms with Gasteiger partial charge in [0.25, 0.3) is 5.91 Å². The Morgan fingerprint density at radius 2 is 1.75 bits per heavy atom. The summed E-state index contributed by atoms with van der Waals surface area (Å²) >= 11 is 0. The highest BCUT2D eigenvalue weighted by Crippen LogP contribution is 2.34. The number of amides is 1. The van der Waals surface area contributed by atoms with E-state index in [4.69, 9.17) is 9.47 Å². The standard InChI is InChI=1S/C16H19F2NO5/c1-22-12-6-4-11(5-7-12)16(17,18)15(21)19-8-10(9-19)13(23-2)14(20)24-3/h4-7,10,13H,8-9H2,1-3H3. The van der Waals surface area contributed by atoms with Gasteiger partial charge in [0.05, 0.1) is 14.2 Å². The first-order valence-corrected chi connectivity index (χ1v) is 7.27. The molecular weight excluding hydrogens is 324 g/mol. The molecule has 6 nitrogen and oxygen atoms in total. The molecule has 24 heavy (non-hydrogen) atoms. The topological polar surface area (TPSA) is 65.1 Å². The van der Waals surface area contributed by atoms with Crippen LogP contribution in [-0.4, -0.2) is 57.3 Å². The molecule has 0 aliphatic carbocycles. The van der Waals surface area contributed by atoms with Crippen molar-refractivity contribution in [3.05, 3.63) is 29.8 Å². The van der Waals surface area contributed by atoms with Gasteiger partial charge < -0.3 is 19.1 Å². The van der Waals surface area contributed by atoms with E-state index >= 15 is 0 Å². The zero-order valence-electron chi connectivity index (χ0n) is 13.6. The molecule has 0 aromatic heterocycles. The Kier molecular flexibility index (Phi) is 5.38. The molecular formula is C16H19F2NO5. The molecule has 1 heterocycles. The van der Waals surface area contributed by atoms with Crippen LogP contribution in [0.3, 0.4) is 0 Å². The molecule has 0 radical (unpaired) electrons. The van der Waals surface area contributed by atoms with Crippen LogP contribution < -0.4 is 4.74 Å². The molecule has 0 N–H and O–H groups in total. The molecule has 1 unspecified atom stereocenters. The number of carbonyl (C=O) groups excluding carboxylic acids is 2. The van der Waals surface area contributed by atoms with Crippen molar-refractivity contribution >= 4 is 11.9 Å². The summed E-state index contributed by atoms with van der Waals surface area (Å²) in [5.41, 5.74) is -0.409. The summed E-state index contributed by atoms with van der Waals surface area (Å²) in [7, 11) is 3.97. The fourth-order valence-corrected chi connectivity index (χ4v) is 2.59. The third-order valence-electron chi connectivity index (χ3n) is 4.03. The third kappa shape index (κ3) is 3.33. The van der Waals surface area contributed by atoms with Crippen LogP contribution in [0.2, 0.25) is 0 Å². The monoisotopic (exact) mass is 343 g/mol. The second-order valence-corrected chi connectivity index (χ2v) is 5.45. The van der Waals surface area contributed by atoms with Gasteiger partial charge in [0.1, 0.15) is 5.75 Å². The molecule has 2 rings (SSSR count). The van der Waals surface area contributed by atoms with Crippen molar-refractivity contribution in [1.82, 2.24) is 4.90 Å². The van der Waals surface area contributed by atoms with Gasteiger partial charge in [0.15, 0.2) is 6.10 Å². The Hall–Kier alpha value is -2.22. The van der Waals surface area contributed by atoms with Gasteiger partial charge in [-0.05, 0) is 24.3 Å². The van der Waals surface area contributed by atoms with E-state index in [9.17, 15) is 18.4 Å². The Morgan fingerprint density at radius 1 is 1.17 bits per heavy atom. The normalized spacial score (nSPS) is 16.3. The number of ether oxygens (including phenoxy) is 3. The average Bonchev–Trinajstić information content (AvgIpc) is 2.56. The minimum atomic E-state index is -3.65. The summed E-state index contributed by atoms with van der Waals surface area (Å²) in [6, 6.07) is 5.04. The second kappa shape index (κ2) is 7.12. The number of benzene rings is 1. The van der Waals surface area contributed by atoms with Crippen LogP contribution in [0.5, 0.6) is 5.75 Å². The largest absolute Gasteiger partial charge is 0.497 e. The van der Waals surface area contributed by atoms with Crippen LogP contribution in [0, 0.1) is 5.92 Å². The van der Waals surface area contributed by atoms with Crippen LogP contribution in [0.15, 0.2) is 24.3 Å². The van der Waals surface area contributed by atoms with Gasteiger partial charge in [-0.15, -0.1) is 0 Å². The molecule has 1 saturated heterocycles. The smallest absolute Gasteiger partial charge is 0.349 e. The van der Waals surface area contributed by atoms with E-state index < -0.39 is 29.5 Å². The zero-order chi connectivity index (χ0) is 17.9. The van der Waals surface area contributed by atoms with E-state index in [1.165, 1.54) is 33.5 Å². The number of likely N-dealkylation sites (tertiary alicyclic amines) is 1. The first-order valence-electron chi connectivity index (χ1n) is 7.27. The Bertz CT molecular complexity index is 599. The number of methoxy groups -OCH3 is 3. The van der Waals surface area contributed by atoms with Gasteiger partial charge in [-0.25, -0.2) is 4.79 Å². The van der Waals surface area contributed by atoms with Gasteiger partial charge in [-0.3, -0.25) is 4.79 Å². The van der Waals surface area contributed by atoms with Gasteiger partial charge in [-0.2, -0.15) is 8.78 Å². The molecule has 1 aromatic carbocycles. The number of esters is 1. The number of rotatable bonds is 6. The van der Waals surface area contributed by atoms with Gasteiger partial charge in [0.2, 0.25) is 0 Å². The molecule has 0 spiro atoms. The molecule has 1 aliphatic heterocycles. The van der Waals surface area contributed by atoms with Crippen molar-refractivity contribution in [3.8, 4) is 5.75 Å². The molecule has 1 aromatic rings. The fourth-order valence-electron chi connectivity index (χ4n) is 2.59. The number of halogens is 2. The van der Waals surface area contributed by atoms with E-state index in [1.54, 1.807) is 0 Å². The highest BCUT2D eigenvalue weighted by molar-refractivity contribution is 5.86. The van der Waals surface area contributed by atoms with Gasteiger partial charge in [-0.1, -0.05) is 0 Å². The zero-order valence-corrected chi connectivity index (χ0v) is 13.6. The van der Waals surface area contributed by atoms with Crippen molar-refractivity contribution in [2.45, 2.75) is 12.0 Å². The lowest BCUT2D eigenvalue weighted by Gasteiger charge is -2.42. The van der Waals surface area contributed by atoms with Crippen molar-refractivity contribution in [3.63, 3.8) is 0 Å². The molecule has 132 valence electrons. The maximum Gasteiger partial charge on any atom is 0.349 e. The lowest BCUT2D eigenvalue weighted by Crippen LogP contribution is -2.59. The van der Waals surface area contributed by atoms with Gasteiger partial charge >= 0.3 is 11.9 Å². The number of nitrogens with zero attached hydrogens (tertiary/aromatic N) is 1. The minimum Gasteiger partial charge on any atom is -0.497 e. The van der Waals surface area contributed by atoms with Crippen molar-refractivity contribution in [2.75, 3.05) is 34.4 Å². The lowest BCUT2D eigenvalue weighted by atomic mass is 9.92. The van der Waals surface area contributed by atoms with Crippen LogP contribution in [0.1, 0.15) is 5.56 Å². The van der Waals surface area contributed by atoms with E-state index in [0.717, 1.165) is 17.0 Å². The summed E-state index contributed by atoms with van der Waals surface area (Å²) in [4.78, 5) is 24.6. The SMILES string of the molecule is COC(=O)C(OC)C1CN(C(=O)C(F)(F)c2ccc(OC)cc2)C1. The van der Waals surface area contributed by atoms with Crippen LogP contribution >= 0.6 is 0 Å². The maximum atomic E-state index is 14.3. The summed E-state index contributed by atoms with van der Waals surface area (Å²) in [5.74, 6) is -5.48. The van der Waals surface area contributed by atoms with E-state index in [2.05, 4.69) is 4.74 Å². The van der Waals surface area contributed by atoms with Crippen molar-refractivity contribution in [1.29, 1.82) is 0 Å². The molecule has 8 heteroatoms. The van der Waals surface area contributed by atoms with Crippen molar-refractivity contribution < 1.29 is 32.6 Å². The summed E-state index contributed by atoms with van der Waals surface area (Å²) in [6.45, 7) is 0.0242. The molecule has 1 amide bonds. The molecule has 1 fully saturated rings. The first kappa shape index (κ1) is 18.1. The number of carbonyl (C=O) groups is 2. The van der Waals surface area contributed by atoms with Crippen LogP contribution in [0.4, 0.5) is 8.78 Å². The van der Waals surface area contributed by atoms with Gasteiger partial charge in [0, 0.05) is 31.7 Å². The van der Waals surface area contributed by atoms with Crippen molar-refractivity contribution in [2.24, 2.45) is 5.92 Å². The summed E-state index contributed by atoms with van der Waals surface area (Å²) in [6.07, 6.45) is -0.867. The first-order chi connectivity index (χ1) is 11.3. The Morgan fingerprint density at radius 3 is 2.21 bits per heavy atom. The van der Waals surface area contributed by atoms with E-state index in [0.29, 0.717) is 5.75 Å². The Balaban J connectivity index is 2.03. The van der Waals surface area contributed by atoms with E-state index in [-0.39, 0.29) is 19.0 Å². The predicted octanol–water partition coefficient (Wildman–Crippen LogP) is 1.43. The lowest BCUT2D eigenvalue weighted by molar-refractivity contribution is -0.175. The number of alkyl halides is 2. The summed E-state index contributed by atoms with van der Waals surface area (Å²) < 4.78 is 43.2. The third-order valence-corrected chi connectivity index (χ3v) is 4.03. The highest BCUT2D eigenvalue weighted by Gasteiger charge is 2.49. The molecule has 0 saturated carbocycles. The van der Waals surface area contributed by atoms with Crippen LogP contribution in [-0.2, 0) is 25.0 Å². The fraction of sp³-hybridized carbons (Fsp3) is 0.500.